The van der Waals surface area contributed by atoms with Crippen LogP contribution in [0.3, 0.4) is 0 Å². The van der Waals surface area contributed by atoms with Gasteiger partial charge in [0, 0.05) is 30.7 Å². The summed E-state index contributed by atoms with van der Waals surface area (Å²) in [5.74, 6) is -1.74. The predicted molar refractivity (Wildman–Crippen MR) is 156 cm³/mol. The lowest BCUT2D eigenvalue weighted by Gasteiger charge is -2.53. The smallest absolute Gasteiger partial charge is 0.313 e. The Labute approximate surface area is 249 Å². The van der Waals surface area contributed by atoms with Crippen LogP contribution in [0.1, 0.15) is 11.1 Å². The number of carbonyl (C=O) groups is 3. The van der Waals surface area contributed by atoms with Gasteiger partial charge in [0.2, 0.25) is 11.1 Å². The van der Waals surface area contributed by atoms with Crippen molar-refractivity contribution in [1.82, 2.24) is 30.4 Å². The van der Waals surface area contributed by atoms with Gasteiger partial charge in [-0.2, -0.15) is 0 Å². The molecule has 2 saturated heterocycles. The first-order valence-corrected chi connectivity index (χ1v) is 14.8. The van der Waals surface area contributed by atoms with Crippen LogP contribution in [0, 0.1) is 5.41 Å². The number of β-lactam (4-membered cyclic amide) rings is 1. The highest BCUT2D eigenvalue weighted by Gasteiger charge is 2.57. The molecule has 15 heteroatoms. The van der Waals surface area contributed by atoms with E-state index < -0.39 is 34.6 Å². The number of nitrogens with zero attached hydrogens (tertiary/aromatic N) is 6. The molecule has 218 valence electrons. The van der Waals surface area contributed by atoms with E-state index in [1.54, 1.807) is 25.3 Å². The summed E-state index contributed by atoms with van der Waals surface area (Å²) < 4.78 is 1.45. The van der Waals surface area contributed by atoms with Crippen LogP contribution in [-0.4, -0.2) is 94.9 Å². The molecule has 42 heavy (non-hydrogen) atoms. The maximum absolute atomic E-state index is 13.3. The first-order chi connectivity index (χ1) is 20.3. The fourth-order valence-electron chi connectivity index (χ4n) is 4.43. The molecule has 3 aromatic rings. The highest BCUT2D eigenvalue weighted by atomic mass is 32.2. The summed E-state index contributed by atoms with van der Waals surface area (Å²) in [7, 11) is 1.66. The lowest BCUT2D eigenvalue weighted by molar-refractivity contribution is -0.157. The van der Waals surface area contributed by atoms with E-state index in [1.165, 1.54) is 45.2 Å². The number of amides is 2. The molecule has 2 aliphatic heterocycles. The summed E-state index contributed by atoms with van der Waals surface area (Å²) in [6.07, 6.45) is 3.60. The van der Waals surface area contributed by atoms with Crippen LogP contribution in [0.2, 0.25) is 0 Å². The van der Waals surface area contributed by atoms with Crippen molar-refractivity contribution >= 4 is 53.1 Å². The highest BCUT2D eigenvalue weighted by Crippen LogP contribution is 2.44. The van der Waals surface area contributed by atoms with Crippen molar-refractivity contribution in [3.8, 4) is 5.75 Å². The molecule has 2 fully saturated rings. The maximum atomic E-state index is 13.3. The van der Waals surface area contributed by atoms with Crippen LogP contribution in [0.4, 0.5) is 0 Å². The Morgan fingerprint density at radius 3 is 2.79 bits per heavy atom. The number of carboxylic acid groups (broad SMARTS) is 1. The zero-order valence-electron chi connectivity index (χ0n) is 22.4. The second kappa shape index (κ2) is 12.7. The van der Waals surface area contributed by atoms with Gasteiger partial charge in [-0.15, -0.1) is 16.9 Å². The van der Waals surface area contributed by atoms with E-state index >= 15 is 0 Å². The van der Waals surface area contributed by atoms with Crippen LogP contribution in [0.25, 0.3) is 6.08 Å². The third kappa shape index (κ3) is 6.26. The molecule has 2 aliphatic rings. The van der Waals surface area contributed by atoms with Crippen LogP contribution in [0.5, 0.6) is 5.75 Å². The van der Waals surface area contributed by atoms with Crippen molar-refractivity contribution < 1.29 is 29.4 Å². The number of oxime groups is 1. The van der Waals surface area contributed by atoms with Crippen molar-refractivity contribution in [1.29, 1.82) is 0 Å². The van der Waals surface area contributed by atoms with Gasteiger partial charge in [-0.05, 0) is 34.2 Å². The van der Waals surface area contributed by atoms with Gasteiger partial charge in [0.25, 0.3) is 5.91 Å². The fourth-order valence-corrected chi connectivity index (χ4v) is 7.14. The zero-order valence-corrected chi connectivity index (χ0v) is 24.0. The quantitative estimate of drug-likeness (QED) is 0.0948. The van der Waals surface area contributed by atoms with Crippen LogP contribution >= 0.6 is 23.5 Å². The number of carboxylic acids is 1. The largest absolute Gasteiger partial charge is 0.508 e. The average molecular weight is 610 g/mol. The topological polar surface area (TPSA) is 172 Å². The summed E-state index contributed by atoms with van der Waals surface area (Å²) in [5, 5.41) is 38.0. The maximum Gasteiger partial charge on any atom is 0.313 e. The lowest BCUT2D eigenvalue weighted by atomic mass is 9.89. The van der Waals surface area contributed by atoms with E-state index in [0.717, 1.165) is 5.56 Å². The molecule has 0 saturated carbocycles. The van der Waals surface area contributed by atoms with Gasteiger partial charge < -0.3 is 25.3 Å². The zero-order chi connectivity index (χ0) is 29.7. The molecule has 2 amide bonds. The van der Waals surface area contributed by atoms with Crippen molar-refractivity contribution in [2.75, 3.05) is 24.7 Å². The van der Waals surface area contributed by atoms with Crippen LogP contribution in [0.15, 0.2) is 71.0 Å². The van der Waals surface area contributed by atoms with Gasteiger partial charge in [0.15, 0.2) is 5.71 Å². The molecule has 3 heterocycles. The summed E-state index contributed by atoms with van der Waals surface area (Å²) in [4.78, 5) is 45.6. The number of thioether (sulfide) groups is 2. The minimum atomic E-state index is -1.21. The summed E-state index contributed by atoms with van der Waals surface area (Å²) in [6.45, 7) is 0.0760. The number of fused-ring (bicyclic) bond motifs is 1. The number of aromatic nitrogens is 4. The Morgan fingerprint density at radius 2 is 2.07 bits per heavy atom. The van der Waals surface area contributed by atoms with Crippen molar-refractivity contribution in [3.05, 3.63) is 71.8 Å². The molecule has 1 aromatic heterocycles. The average Bonchev–Trinajstić information content (AvgIpc) is 3.41. The molecule has 3 N–H and O–H groups in total. The molecule has 0 spiro atoms. The van der Waals surface area contributed by atoms with E-state index in [4.69, 9.17) is 4.84 Å². The third-order valence-corrected chi connectivity index (χ3v) is 9.60. The van der Waals surface area contributed by atoms with Gasteiger partial charge in [-0.3, -0.25) is 14.4 Å². The molecule has 5 rings (SSSR count). The second-order valence-electron chi connectivity index (χ2n) is 9.68. The number of nitrogens with one attached hydrogen (secondary N) is 1. The number of rotatable bonds is 11. The fraction of sp³-hybridized carbons (Fsp3) is 0.296. The third-order valence-electron chi connectivity index (χ3n) is 6.72. The molecular weight excluding hydrogens is 582 g/mol. The normalized spacial score (nSPS) is 22.0. The number of aryl methyl sites for hydroxylation is 1. The van der Waals surface area contributed by atoms with Gasteiger partial charge in [-0.1, -0.05) is 65.5 Å². The van der Waals surface area contributed by atoms with Crippen molar-refractivity contribution in [3.63, 3.8) is 0 Å². The Hall–Kier alpha value is -4.37. The Bertz CT molecular complexity index is 1530. The molecule has 0 radical (unpaired) electrons. The number of hydrogen-bond acceptors (Lipinski definition) is 11. The number of aromatic hydroxyl groups is 1. The summed E-state index contributed by atoms with van der Waals surface area (Å²) >= 11 is 2.50. The van der Waals surface area contributed by atoms with Gasteiger partial charge >= 0.3 is 5.97 Å². The predicted octanol–water partition coefficient (Wildman–Crippen LogP) is 1.61. The standard InChI is InChI=1S/C27H27N7O6S2/c1-33-26(29-31-32-33)42-16-27(25(38)39)14-34-23(37)21(24(34)41-15-27)28-22(36)20(18-10-5-11-19(35)13-18)30-40-12-6-9-17-7-3-2-4-8-17/h2-11,13,21,24,35H,12,14-16H2,1H3,(H,28,36)(H,38,39)/t21?,24-,27?/m1/s1. The van der Waals surface area contributed by atoms with Gasteiger partial charge in [-0.25, -0.2) is 4.68 Å². The minimum absolute atomic E-state index is 0.00610. The monoisotopic (exact) mass is 609 g/mol. The lowest BCUT2D eigenvalue weighted by Crippen LogP contribution is -2.74. The number of hydrogen-bond donors (Lipinski definition) is 3. The molecule has 3 atom stereocenters. The molecule has 13 nitrogen and oxygen atoms in total. The summed E-state index contributed by atoms with van der Waals surface area (Å²) in [6, 6.07) is 14.7. The molecule has 2 unspecified atom stereocenters. The Kier molecular flexibility index (Phi) is 8.77. The van der Waals surface area contributed by atoms with Crippen LogP contribution < -0.4 is 5.32 Å². The SMILES string of the molecule is Cn1nnnc1SCC1(C(=O)O)CS[C@@H]2C(NC(=O)C(=NOCC=Cc3ccccc3)c3cccc(O)c3)C(=O)N2C1. The second-order valence-corrected chi connectivity index (χ2v) is 11.7. The van der Waals surface area contributed by atoms with E-state index in [9.17, 15) is 24.6 Å². The van der Waals surface area contributed by atoms with E-state index in [-0.39, 0.29) is 36.1 Å². The van der Waals surface area contributed by atoms with Crippen molar-refractivity contribution in [2.24, 2.45) is 17.6 Å². The van der Waals surface area contributed by atoms with E-state index in [2.05, 4.69) is 26.0 Å². The van der Waals surface area contributed by atoms with Gasteiger partial charge in [0.05, 0.1) is 0 Å². The van der Waals surface area contributed by atoms with Crippen molar-refractivity contribution in [2.45, 2.75) is 16.6 Å². The number of phenols is 1. The molecule has 2 aromatic carbocycles. The first-order valence-electron chi connectivity index (χ1n) is 12.8. The number of benzene rings is 2. The van der Waals surface area contributed by atoms with Crippen LogP contribution in [-0.2, 0) is 26.3 Å². The first kappa shape index (κ1) is 29.1. The Balaban J connectivity index is 1.24. The van der Waals surface area contributed by atoms with Gasteiger partial charge in [0.1, 0.15) is 29.2 Å². The number of aliphatic carboxylic acids is 1. The Morgan fingerprint density at radius 1 is 1.26 bits per heavy atom. The molecular formula is C27H27N7O6S2. The van der Waals surface area contributed by atoms with E-state index in [0.29, 0.717) is 10.7 Å². The molecule has 0 bridgehead atoms. The number of phenolic OH excluding ortho intramolecular Hbond substituents is 1. The summed E-state index contributed by atoms with van der Waals surface area (Å²) in [5.41, 5.74) is -0.0398. The number of carbonyl (C=O) groups excluding carboxylic acids is 2. The highest BCUT2D eigenvalue weighted by molar-refractivity contribution is 8.00. The van der Waals surface area contributed by atoms with E-state index in [1.807, 2.05) is 36.4 Å². The number of tetrazole rings is 1. The minimum Gasteiger partial charge on any atom is -0.508 e. The molecule has 0 aliphatic carbocycles.